The first-order valence-electron chi connectivity index (χ1n) is 7.15. The molecule has 3 rings (SSSR count). The Morgan fingerprint density at radius 1 is 1.11 bits per heavy atom. The maximum absolute atomic E-state index is 12.5. The van der Waals surface area contributed by atoms with Crippen molar-refractivity contribution in [3.63, 3.8) is 0 Å². The SMILES string of the molecule is CC1CCC(N2C(=O)NC(=O)C3(CC3)C2=O)CC1C. The predicted octanol–water partition coefficient (Wildman–Crippen LogP) is 1.67. The number of carbonyl (C=O) groups is 3. The number of barbiturate groups is 1. The molecule has 3 fully saturated rings. The highest BCUT2D eigenvalue weighted by atomic mass is 16.2. The lowest BCUT2D eigenvalue weighted by Gasteiger charge is -2.41. The second-order valence-corrected chi connectivity index (χ2v) is 6.44. The van der Waals surface area contributed by atoms with Gasteiger partial charge in [-0.3, -0.25) is 19.8 Å². The summed E-state index contributed by atoms with van der Waals surface area (Å²) < 4.78 is 0. The monoisotopic (exact) mass is 264 g/mol. The Morgan fingerprint density at radius 3 is 2.37 bits per heavy atom. The van der Waals surface area contributed by atoms with Gasteiger partial charge in [0.2, 0.25) is 11.8 Å². The molecule has 1 aliphatic heterocycles. The van der Waals surface area contributed by atoms with Crippen LogP contribution in [0.4, 0.5) is 4.79 Å². The third-order valence-corrected chi connectivity index (χ3v) is 5.19. The molecule has 2 saturated carbocycles. The second-order valence-electron chi connectivity index (χ2n) is 6.44. The Morgan fingerprint density at radius 2 is 1.79 bits per heavy atom. The molecule has 0 aromatic carbocycles. The molecule has 2 aliphatic carbocycles. The molecule has 1 N–H and O–H groups in total. The quantitative estimate of drug-likeness (QED) is 0.733. The van der Waals surface area contributed by atoms with Crippen LogP contribution in [0.2, 0.25) is 0 Å². The first-order chi connectivity index (χ1) is 8.95. The van der Waals surface area contributed by atoms with Gasteiger partial charge in [-0.1, -0.05) is 13.8 Å². The van der Waals surface area contributed by atoms with Crippen LogP contribution in [0.3, 0.4) is 0 Å². The normalized spacial score (nSPS) is 37.5. The van der Waals surface area contributed by atoms with Crippen molar-refractivity contribution in [1.29, 1.82) is 0 Å². The molecule has 5 nitrogen and oxygen atoms in total. The molecule has 0 bridgehead atoms. The Kier molecular flexibility index (Phi) is 2.69. The van der Waals surface area contributed by atoms with Gasteiger partial charge in [-0.05, 0) is 43.9 Å². The molecule has 1 heterocycles. The number of hydrogen-bond acceptors (Lipinski definition) is 3. The maximum atomic E-state index is 12.5. The molecule has 5 heteroatoms. The molecule has 4 amide bonds. The Balaban J connectivity index is 1.82. The van der Waals surface area contributed by atoms with Crippen molar-refractivity contribution in [2.24, 2.45) is 17.3 Å². The van der Waals surface area contributed by atoms with Crippen LogP contribution in [-0.4, -0.2) is 28.8 Å². The van der Waals surface area contributed by atoms with Crippen molar-refractivity contribution in [3.8, 4) is 0 Å². The number of rotatable bonds is 1. The van der Waals surface area contributed by atoms with Gasteiger partial charge in [-0.15, -0.1) is 0 Å². The minimum Gasteiger partial charge on any atom is -0.277 e. The molecular formula is C14H20N2O3. The molecule has 0 radical (unpaired) electrons. The van der Waals surface area contributed by atoms with E-state index >= 15 is 0 Å². The molecule has 104 valence electrons. The predicted molar refractivity (Wildman–Crippen MR) is 68.0 cm³/mol. The number of nitrogens with one attached hydrogen (secondary N) is 1. The molecule has 1 spiro atoms. The van der Waals surface area contributed by atoms with E-state index in [1.165, 1.54) is 4.90 Å². The van der Waals surface area contributed by atoms with Crippen LogP contribution in [0.5, 0.6) is 0 Å². The zero-order chi connectivity index (χ0) is 13.8. The van der Waals surface area contributed by atoms with Crippen LogP contribution < -0.4 is 5.32 Å². The summed E-state index contributed by atoms with van der Waals surface area (Å²) >= 11 is 0. The fraction of sp³-hybridized carbons (Fsp3) is 0.786. The minimum absolute atomic E-state index is 0.0377. The van der Waals surface area contributed by atoms with Crippen molar-refractivity contribution in [2.75, 3.05) is 0 Å². The van der Waals surface area contributed by atoms with Gasteiger partial charge in [-0.25, -0.2) is 4.79 Å². The van der Waals surface area contributed by atoms with E-state index in [1.807, 2.05) is 0 Å². The highest BCUT2D eigenvalue weighted by molar-refractivity contribution is 6.21. The van der Waals surface area contributed by atoms with Gasteiger partial charge in [0.1, 0.15) is 5.41 Å². The number of imide groups is 2. The minimum atomic E-state index is -0.903. The Bertz CT molecular complexity index is 456. The number of nitrogens with zero attached hydrogens (tertiary/aromatic N) is 1. The lowest BCUT2D eigenvalue weighted by Crippen LogP contribution is -2.62. The van der Waals surface area contributed by atoms with Gasteiger partial charge in [0, 0.05) is 6.04 Å². The number of carbonyl (C=O) groups excluding carboxylic acids is 3. The number of hydrogen-bond donors (Lipinski definition) is 1. The zero-order valence-corrected chi connectivity index (χ0v) is 11.4. The summed E-state index contributed by atoms with van der Waals surface area (Å²) in [5.74, 6) is 0.492. The van der Waals surface area contributed by atoms with Gasteiger partial charge >= 0.3 is 6.03 Å². The van der Waals surface area contributed by atoms with Crippen molar-refractivity contribution in [2.45, 2.75) is 52.0 Å². The molecule has 3 atom stereocenters. The summed E-state index contributed by atoms with van der Waals surface area (Å²) in [7, 11) is 0. The van der Waals surface area contributed by atoms with E-state index in [0.29, 0.717) is 24.7 Å². The summed E-state index contributed by atoms with van der Waals surface area (Å²) in [5, 5.41) is 2.36. The van der Waals surface area contributed by atoms with E-state index in [-0.39, 0.29) is 11.9 Å². The second kappa shape index (κ2) is 4.05. The fourth-order valence-corrected chi connectivity index (χ4v) is 3.35. The third-order valence-electron chi connectivity index (χ3n) is 5.19. The molecule has 0 aromatic heterocycles. The van der Waals surface area contributed by atoms with Crippen LogP contribution in [0, 0.1) is 17.3 Å². The van der Waals surface area contributed by atoms with E-state index in [0.717, 1.165) is 19.3 Å². The maximum Gasteiger partial charge on any atom is 0.331 e. The molecule has 1 saturated heterocycles. The van der Waals surface area contributed by atoms with Crippen molar-refractivity contribution >= 4 is 17.8 Å². The summed E-state index contributed by atoms with van der Waals surface area (Å²) in [4.78, 5) is 37.6. The Labute approximate surface area is 112 Å². The lowest BCUT2D eigenvalue weighted by molar-refractivity contribution is -0.146. The molecule has 19 heavy (non-hydrogen) atoms. The molecular weight excluding hydrogens is 244 g/mol. The van der Waals surface area contributed by atoms with Gasteiger partial charge in [0.15, 0.2) is 0 Å². The first-order valence-corrected chi connectivity index (χ1v) is 7.15. The smallest absolute Gasteiger partial charge is 0.277 e. The van der Waals surface area contributed by atoms with E-state index in [4.69, 9.17) is 0 Å². The van der Waals surface area contributed by atoms with Gasteiger partial charge < -0.3 is 0 Å². The van der Waals surface area contributed by atoms with Crippen LogP contribution in [0.15, 0.2) is 0 Å². The molecule has 3 unspecified atom stereocenters. The largest absolute Gasteiger partial charge is 0.331 e. The highest BCUT2D eigenvalue weighted by Crippen LogP contribution is 2.50. The third kappa shape index (κ3) is 1.78. The molecule has 0 aromatic rings. The Hall–Kier alpha value is -1.39. The lowest BCUT2D eigenvalue weighted by atomic mass is 9.78. The van der Waals surface area contributed by atoms with Gasteiger partial charge in [0.25, 0.3) is 0 Å². The average molecular weight is 264 g/mol. The van der Waals surface area contributed by atoms with Gasteiger partial charge in [0.05, 0.1) is 0 Å². The van der Waals surface area contributed by atoms with Crippen LogP contribution in [-0.2, 0) is 9.59 Å². The van der Waals surface area contributed by atoms with Crippen molar-refractivity contribution in [1.82, 2.24) is 10.2 Å². The van der Waals surface area contributed by atoms with Crippen molar-refractivity contribution in [3.05, 3.63) is 0 Å². The van der Waals surface area contributed by atoms with Crippen LogP contribution in [0.1, 0.15) is 46.0 Å². The van der Waals surface area contributed by atoms with E-state index in [9.17, 15) is 14.4 Å². The van der Waals surface area contributed by atoms with Crippen LogP contribution in [0.25, 0.3) is 0 Å². The average Bonchev–Trinajstić information content (AvgIpc) is 3.13. The van der Waals surface area contributed by atoms with Gasteiger partial charge in [-0.2, -0.15) is 0 Å². The standard InChI is InChI=1S/C14H20N2O3/c1-8-3-4-10(7-9(8)2)16-12(18)14(5-6-14)11(17)15-13(16)19/h8-10H,3-7H2,1-2H3,(H,15,17,19). The number of urea groups is 1. The topological polar surface area (TPSA) is 66.5 Å². The first kappa shape index (κ1) is 12.6. The summed E-state index contributed by atoms with van der Waals surface area (Å²) in [6.07, 6.45) is 3.91. The van der Waals surface area contributed by atoms with Crippen LogP contribution >= 0.6 is 0 Å². The molecule has 3 aliphatic rings. The van der Waals surface area contributed by atoms with E-state index < -0.39 is 17.4 Å². The summed E-state index contributed by atoms with van der Waals surface area (Å²) in [5.41, 5.74) is -0.903. The summed E-state index contributed by atoms with van der Waals surface area (Å²) in [6.45, 7) is 4.38. The van der Waals surface area contributed by atoms with Crippen molar-refractivity contribution < 1.29 is 14.4 Å². The zero-order valence-electron chi connectivity index (χ0n) is 11.4. The fourth-order valence-electron chi connectivity index (χ4n) is 3.35. The summed E-state index contributed by atoms with van der Waals surface area (Å²) in [6, 6.07) is -0.552. The van der Waals surface area contributed by atoms with E-state index in [1.54, 1.807) is 0 Å². The van der Waals surface area contributed by atoms with E-state index in [2.05, 4.69) is 19.2 Å². The number of amides is 4. The highest BCUT2D eigenvalue weighted by Gasteiger charge is 2.63.